The van der Waals surface area contributed by atoms with E-state index >= 15 is 0 Å². The fourth-order valence-electron chi connectivity index (χ4n) is 2.15. The fraction of sp³-hybridized carbons (Fsp3) is 0.571. The van der Waals surface area contributed by atoms with Gasteiger partial charge in [-0.2, -0.15) is 0 Å². The van der Waals surface area contributed by atoms with Gasteiger partial charge in [0, 0.05) is 0 Å². The monoisotopic (exact) mass is 190 g/mol. The Balaban J connectivity index is 2.96. The number of rotatable bonds is 2. The van der Waals surface area contributed by atoms with Gasteiger partial charge in [0.15, 0.2) is 0 Å². The third-order valence-corrected chi connectivity index (χ3v) is 2.93. The van der Waals surface area contributed by atoms with Gasteiger partial charge in [-0.1, -0.05) is 57.5 Å². The molecular formula is C14H22. The van der Waals surface area contributed by atoms with E-state index in [0.717, 1.165) is 0 Å². The third-order valence-electron chi connectivity index (χ3n) is 2.93. The van der Waals surface area contributed by atoms with Crippen molar-refractivity contribution in [3.05, 3.63) is 35.4 Å². The Labute approximate surface area is 88.4 Å². The van der Waals surface area contributed by atoms with E-state index in [1.54, 1.807) is 0 Å². The fourth-order valence-corrected chi connectivity index (χ4v) is 2.15. The normalized spacial score (nSPS) is 14.1. The quantitative estimate of drug-likeness (QED) is 0.642. The van der Waals surface area contributed by atoms with Gasteiger partial charge in [-0.25, -0.2) is 0 Å². The molecule has 14 heavy (non-hydrogen) atoms. The van der Waals surface area contributed by atoms with E-state index in [0.29, 0.717) is 11.3 Å². The lowest BCUT2D eigenvalue weighted by Gasteiger charge is -2.30. The minimum absolute atomic E-state index is 0.365. The smallest absolute Gasteiger partial charge is 0.0116 e. The molecule has 0 aliphatic carbocycles. The van der Waals surface area contributed by atoms with Gasteiger partial charge in [0.1, 0.15) is 0 Å². The average molecular weight is 190 g/mol. The summed E-state index contributed by atoms with van der Waals surface area (Å²) in [6.07, 6.45) is 1.21. The van der Waals surface area contributed by atoms with Gasteiger partial charge in [0.05, 0.1) is 0 Å². The van der Waals surface area contributed by atoms with E-state index in [1.165, 1.54) is 17.5 Å². The molecule has 0 amide bonds. The summed E-state index contributed by atoms with van der Waals surface area (Å²) in [7, 11) is 0. The van der Waals surface area contributed by atoms with Crippen LogP contribution in [0.5, 0.6) is 0 Å². The van der Waals surface area contributed by atoms with Gasteiger partial charge in [0.2, 0.25) is 0 Å². The van der Waals surface area contributed by atoms with Crippen LogP contribution in [0.2, 0.25) is 0 Å². The van der Waals surface area contributed by atoms with Crippen LogP contribution in [0, 0.1) is 12.3 Å². The standard InChI is InChI=1S/C14H22/c1-6-13(14(3,4)5)12-9-7-11(2)8-10-12/h7-10,13H,6H2,1-5H3. The first-order valence-electron chi connectivity index (χ1n) is 5.51. The van der Waals surface area contributed by atoms with E-state index in [-0.39, 0.29) is 0 Å². The lowest BCUT2D eigenvalue weighted by atomic mass is 9.75. The van der Waals surface area contributed by atoms with Gasteiger partial charge >= 0.3 is 0 Å². The summed E-state index contributed by atoms with van der Waals surface area (Å²) in [5.41, 5.74) is 3.19. The molecule has 0 spiro atoms. The van der Waals surface area contributed by atoms with E-state index in [4.69, 9.17) is 0 Å². The van der Waals surface area contributed by atoms with Crippen molar-refractivity contribution in [3.8, 4) is 0 Å². The Morgan fingerprint density at radius 1 is 1.07 bits per heavy atom. The first-order chi connectivity index (χ1) is 6.45. The molecule has 0 aliphatic rings. The highest BCUT2D eigenvalue weighted by atomic mass is 14.3. The van der Waals surface area contributed by atoms with Crippen molar-refractivity contribution in [2.45, 2.75) is 47.0 Å². The molecule has 0 fully saturated rings. The summed E-state index contributed by atoms with van der Waals surface area (Å²) in [4.78, 5) is 0. The number of aryl methyl sites for hydroxylation is 1. The molecule has 0 saturated carbocycles. The largest absolute Gasteiger partial charge is 0.0648 e. The molecule has 1 rings (SSSR count). The SMILES string of the molecule is CCC(c1ccc(C)cc1)C(C)(C)C. The summed E-state index contributed by atoms with van der Waals surface area (Å²) in [5.74, 6) is 0.670. The van der Waals surface area contributed by atoms with Crippen molar-refractivity contribution in [1.82, 2.24) is 0 Å². The molecule has 0 bridgehead atoms. The summed E-state index contributed by atoms with van der Waals surface area (Å²) in [6, 6.07) is 8.97. The summed E-state index contributed by atoms with van der Waals surface area (Å²) < 4.78 is 0. The molecule has 0 saturated heterocycles. The lowest BCUT2D eigenvalue weighted by molar-refractivity contribution is 0.312. The van der Waals surface area contributed by atoms with Crippen LogP contribution < -0.4 is 0 Å². The maximum Gasteiger partial charge on any atom is -0.0116 e. The maximum absolute atomic E-state index is 2.32. The van der Waals surface area contributed by atoms with Crippen molar-refractivity contribution in [2.24, 2.45) is 5.41 Å². The van der Waals surface area contributed by atoms with Crippen molar-refractivity contribution >= 4 is 0 Å². The second-order valence-corrected chi connectivity index (χ2v) is 5.24. The Morgan fingerprint density at radius 2 is 1.57 bits per heavy atom. The first-order valence-corrected chi connectivity index (χ1v) is 5.51. The molecule has 0 aromatic heterocycles. The maximum atomic E-state index is 2.32. The summed E-state index contributed by atoms with van der Waals surface area (Å²) in [5, 5.41) is 0. The molecule has 0 heteroatoms. The molecule has 1 aromatic carbocycles. The predicted molar refractivity (Wildman–Crippen MR) is 63.7 cm³/mol. The number of benzene rings is 1. The molecule has 1 unspecified atom stereocenters. The molecule has 1 atom stereocenters. The van der Waals surface area contributed by atoms with Crippen LogP contribution in [-0.4, -0.2) is 0 Å². The predicted octanol–water partition coefficient (Wildman–Crippen LogP) is 4.53. The van der Waals surface area contributed by atoms with Crippen LogP contribution in [-0.2, 0) is 0 Å². The minimum atomic E-state index is 0.365. The van der Waals surface area contributed by atoms with E-state index in [2.05, 4.69) is 58.9 Å². The van der Waals surface area contributed by atoms with Gasteiger partial charge in [0.25, 0.3) is 0 Å². The van der Waals surface area contributed by atoms with E-state index in [9.17, 15) is 0 Å². The molecule has 0 aliphatic heterocycles. The zero-order valence-corrected chi connectivity index (χ0v) is 10.1. The van der Waals surface area contributed by atoms with Crippen LogP contribution in [0.1, 0.15) is 51.2 Å². The van der Waals surface area contributed by atoms with Crippen LogP contribution in [0.15, 0.2) is 24.3 Å². The van der Waals surface area contributed by atoms with Crippen LogP contribution in [0.25, 0.3) is 0 Å². The Kier molecular flexibility index (Phi) is 3.36. The molecule has 0 N–H and O–H groups in total. The molecule has 78 valence electrons. The molecular weight excluding hydrogens is 168 g/mol. The highest BCUT2D eigenvalue weighted by Crippen LogP contribution is 2.37. The molecule has 0 radical (unpaired) electrons. The first kappa shape index (κ1) is 11.3. The van der Waals surface area contributed by atoms with E-state index in [1.807, 2.05) is 0 Å². The van der Waals surface area contributed by atoms with Crippen molar-refractivity contribution in [2.75, 3.05) is 0 Å². The minimum Gasteiger partial charge on any atom is -0.0648 e. The van der Waals surface area contributed by atoms with Gasteiger partial charge in [-0.05, 0) is 30.2 Å². The van der Waals surface area contributed by atoms with Crippen LogP contribution >= 0.6 is 0 Å². The van der Waals surface area contributed by atoms with Gasteiger partial charge in [-0.3, -0.25) is 0 Å². The summed E-state index contributed by atoms with van der Waals surface area (Å²) >= 11 is 0. The zero-order chi connectivity index (χ0) is 10.8. The van der Waals surface area contributed by atoms with Crippen LogP contribution in [0.4, 0.5) is 0 Å². The Hall–Kier alpha value is -0.780. The summed E-state index contributed by atoms with van der Waals surface area (Å²) in [6.45, 7) is 11.4. The second kappa shape index (κ2) is 4.16. The molecule has 0 nitrogen and oxygen atoms in total. The Bertz CT molecular complexity index is 274. The van der Waals surface area contributed by atoms with Crippen molar-refractivity contribution in [3.63, 3.8) is 0 Å². The van der Waals surface area contributed by atoms with Crippen molar-refractivity contribution in [1.29, 1.82) is 0 Å². The molecule has 0 heterocycles. The Morgan fingerprint density at radius 3 is 1.93 bits per heavy atom. The van der Waals surface area contributed by atoms with Crippen LogP contribution in [0.3, 0.4) is 0 Å². The number of hydrogen-bond donors (Lipinski definition) is 0. The average Bonchev–Trinajstić information content (AvgIpc) is 2.07. The topological polar surface area (TPSA) is 0 Å². The van der Waals surface area contributed by atoms with Crippen molar-refractivity contribution < 1.29 is 0 Å². The number of hydrogen-bond acceptors (Lipinski definition) is 0. The third kappa shape index (κ3) is 2.60. The highest BCUT2D eigenvalue weighted by Gasteiger charge is 2.23. The molecule has 1 aromatic rings. The van der Waals surface area contributed by atoms with Gasteiger partial charge in [-0.15, -0.1) is 0 Å². The van der Waals surface area contributed by atoms with Gasteiger partial charge < -0.3 is 0 Å². The van der Waals surface area contributed by atoms with E-state index < -0.39 is 0 Å². The lowest BCUT2D eigenvalue weighted by Crippen LogP contribution is -2.17. The second-order valence-electron chi connectivity index (χ2n) is 5.24. The zero-order valence-electron chi connectivity index (χ0n) is 10.1. The highest BCUT2D eigenvalue weighted by molar-refractivity contribution is 5.25.